The number of hydrogen-bond acceptors (Lipinski definition) is 5. The summed E-state index contributed by atoms with van der Waals surface area (Å²) in [7, 11) is 1.83. The zero-order valence-corrected chi connectivity index (χ0v) is 9.46. The van der Waals surface area contributed by atoms with Gasteiger partial charge in [-0.1, -0.05) is 0 Å². The highest BCUT2D eigenvalue weighted by molar-refractivity contribution is 7.13. The predicted molar refractivity (Wildman–Crippen MR) is 59.4 cm³/mol. The molecule has 1 aromatic rings. The third-order valence-corrected chi connectivity index (χ3v) is 3.21. The van der Waals surface area contributed by atoms with Crippen molar-refractivity contribution >= 4 is 22.4 Å². The van der Waals surface area contributed by atoms with Crippen molar-refractivity contribution in [2.45, 2.75) is 6.54 Å². The lowest BCUT2D eigenvalue weighted by Gasteiger charge is -2.31. The monoisotopic (exact) mass is 226 g/mol. The molecule has 2 N–H and O–H groups in total. The van der Waals surface area contributed by atoms with E-state index in [-0.39, 0.29) is 5.91 Å². The van der Waals surface area contributed by atoms with Crippen LogP contribution in [0.15, 0.2) is 5.38 Å². The van der Waals surface area contributed by atoms with Crippen LogP contribution in [0.5, 0.6) is 0 Å². The number of amides is 1. The van der Waals surface area contributed by atoms with Gasteiger partial charge >= 0.3 is 0 Å². The normalized spacial score (nSPS) is 18.5. The van der Waals surface area contributed by atoms with Crippen LogP contribution in [0.25, 0.3) is 0 Å². The fourth-order valence-electron chi connectivity index (χ4n) is 1.57. The first kappa shape index (κ1) is 10.4. The molecule has 1 saturated heterocycles. The number of anilines is 1. The highest BCUT2D eigenvalue weighted by Gasteiger charge is 2.21. The van der Waals surface area contributed by atoms with Gasteiger partial charge in [-0.15, -0.1) is 11.3 Å². The smallest absolute Gasteiger partial charge is 0.236 e. The number of aromatic nitrogens is 1. The number of hydrogen-bond donors (Lipinski definition) is 1. The Labute approximate surface area is 92.5 Å². The second-order valence-corrected chi connectivity index (χ2v) is 4.59. The van der Waals surface area contributed by atoms with E-state index in [1.165, 1.54) is 11.3 Å². The van der Waals surface area contributed by atoms with Crippen molar-refractivity contribution in [1.29, 1.82) is 0 Å². The van der Waals surface area contributed by atoms with E-state index in [1.54, 1.807) is 4.90 Å². The van der Waals surface area contributed by atoms with Crippen molar-refractivity contribution in [3.63, 3.8) is 0 Å². The molecule has 5 nitrogen and oxygen atoms in total. The molecule has 2 rings (SSSR count). The third-order valence-electron chi connectivity index (χ3n) is 2.49. The maximum Gasteiger partial charge on any atom is 0.236 e. The topological polar surface area (TPSA) is 62.5 Å². The fourth-order valence-corrected chi connectivity index (χ4v) is 2.12. The standard InChI is InChI=1S/C9H14N4OS/c1-12-2-3-13(5-8(12)14)4-7-6-15-9(10)11-7/h6H,2-5H2,1H3,(H2,10,11). The highest BCUT2D eigenvalue weighted by Crippen LogP contribution is 2.14. The lowest BCUT2D eigenvalue weighted by molar-refractivity contribution is -0.134. The van der Waals surface area contributed by atoms with E-state index >= 15 is 0 Å². The molecule has 1 fully saturated rings. The first-order valence-electron chi connectivity index (χ1n) is 4.81. The van der Waals surface area contributed by atoms with Gasteiger partial charge in [0.05, 0.1) is 12.2 Å². The average molecular weight is 226 g/mol. The first-order chi connectivity index (χ1) is 7.15. The number of nitrogens with two attached hydrogens (primary N) is 1. The van der Waals surface area contributed by atoms with Gasteiger partial charge in [-0.3, -0.25) is 9.69 Å². The van der Waals surface area contributed by atoms with Crippen molar-refractivity contribution in [3.05, 3.63) is 11.1 Å². The van der Waals surface area contributed by atoms with Crippen molar-refractivity contribution in [2.24, 2.45) is 0 Å². The summed E-state index contributed by atoms with van der Waals surface area (Å²) in [4.78, 5) is 19.5. The summed E-state index contributed by atoms with van der Waals surface area (Å²) >= 11 is 1.44. The Hall–Kier alpha value is -1.14. The lowest BCUT2D eigenvalue weighted by Crippen LogP contribution is -2.48. The predicted octanol–water partition coefficient (Wildman–Crippen LogP) is -0.000700. The summed E-state index contributed by atoms with van der Waals surface area (Å²) in [6.45, 7) is 2.89. The molecule has 0 aromatic carbocycles. The summed E-state index contributed by atoms with van der Waals surface area (Å²) in [5, 5.41) is 2.53. The van der Waals surface area contributed by atoms with E-state index < -0.39 is 0 Å². The molecule has 0 spiro atoms. The second kappa shape index (κ2) is 4.16. The van der Waals surface area contributed by atoms with Crippen LogP contribution in [0.4, 0.5) is 5.13 Å². The molecule has 6 heteroatoms. The highest BCUT2D eigenvalue weighted by atomic mass is 32.1. The number of rotatable bonds is 2. The molecule has 0 aliphatic carbocycles. The number of thiazole rings is 1. The molecule has 1 aliphatic heterocycles. The Bertz CT molecular complexity index is 365. The van der Waals surface area contributed by atoms with Crippen LogP contribution in [-0.2, 0) is 11.3 Å². The summed E-state index contributed by atoms with van der Waals surface area (Å²) < 4.78 is 0. The van der Waals surface area contributed by atoms with Gasteiger partial charge in [-0.25, -0.2) is 4.98 Å². The maximum atomic E-state index is 11.4. The second-order valence-electron chi connectivity index (χ2n) is 3.70. The first-order valence-corrected chi connectivity index (χ1v) is 5.69. The van der Waals surface area contributed by atoms with Crippen LogP contribution in [0.3, 0.4) is 0 Å². The molecule has 82 valence electrons. The number of nitrogen functional groups attached to an aromatic ring is 1. The Morgan fingerprint density at radius 3 is 3.00 bits per heavy atom. The van der Waals surface area contributed by atoms with E-state index in [1.807, 2.05) is 12.4 Å². The summed E-state index contributed by atoms with van der Waals surface area (Å²) in [6.07, 6.45) is 0. The molecule has 1 aromatic heterocycles. The summed E-state index contributed by atoms with van der Waals surface area (Å²) in [5.41, 5.74) is 6.50. The number of carbonyl (C=O) groups excluding carboxylic acids is 1. The van der Waals surface area contributed by atoms with E-state index in [4.69, 9.17) is 5.73 Å². The Balaban J connectivity index is 1.93. The van der Waals surface area contributed by atoms with Crippen molar-refractivity contribution < 1.29 is 4.79 Å². The molecular weight excluding hydrogens is 212 g/mol. The van der Waals surface area contributed by atoms with Crippen LogP contribution >= 0.6 is 11.3 Å². The fraction of sp³-hybridized carbons (Fsp3) is 0.556. The van der Waals surface area contributed by atoms with E-state index in [2.05, 4.69) is 9.88 Å². The molecule has 1 aliphatic rings. The zero-order chi connectivity index (χ0) is 10.8. The minimum atomic E-state index is 0.171. The Morgan fingerprint density at radius 1 is 1.60 bits per heavy atom. The molecule has 15 heavy (non-hydrogen) atoms. The molecule has 0 atom stereocenters. The Kier molecular flexibility index (Phi) is 2.88. The number of piperazine rings is 1. The van der Waals surface area contributed by atoms with Gasteiger partial charge in [0.1, 0.15) is 0 Å². The van der Waals surface area contributed by atoms with E-state index in [0.29, 0.717) is 18.2 Å². The van der Waals surface area contributed by atoms with Crippen molar-refractivity contribution in [1.82, 2.24) is 14.8 Å². The quantitative estimate of drug-likeness (QED) is 0.771. The average Bonchev–Trinajstić information content (AvgIpc) is 2.58. The van der Waals surface area contributed by atoms with Crippen molar-refractivity contribution in [3.8, 4) is 0 Å². The van der Waals surface area contributed by atoms with Gasteiger partial charge < -0.3 is 10.6 Å². The van der Waals surface area contributed by atoms with Gasteiger partial charge in [0.15, 0.2) is 5.13 Å². The van der Waals surface area contributed by atoms with Gasteiger partial charge in [-0.05, 0) is 0 Å². The van der Waals surface area contributed by atoms with E-state index in [9.17, 15) is 4.79 Å². The molecular formula is C9H14N4OS. The molecule has 1 amide bonds. The molecule has 0 bridgehead atoms. The zero-order valence-electron chi connectivity index (χ0n) is 8.64. The summed E-state index contributed by atoms with van der Waals surface area (Å²) in [6, 6.07) is 0. The Morgan fingerprint density at radius 2 is 2.40 bits per heavy atom. The lowest BCUT2D eigenvalue weighted by atomic mass is 10.3. The SMILES string of the molecule is CN1CCN(Cc2csc(N)n2)CC1=O. The maximum absolute atomic E-state index is 11.4. The van der Waals surface area contributed by atoms with Crippen LogP contribution < -0.4 is 5.73 Å². The van der Waals surface area contributed by atoms with Crippen LogP contribution in [-0.4, -0.2) is 47.4 Å². The van der Waals surface area contributed by atoms with Crippen LogP contribution in [0.2, 0.25) is 0 Å². The molecule has 0 radical (unpaired) electrons. The minimum absolute atomic E-state index is 0.171. The van der Waals surface area contributed by atoms with Crippen LogP contribution in [0, 0.1) is 0 Å². The van der Waals surface area contributed by atoms with Gasteiger partial charge in [0, 0.05) is 32.1 Å². The van der Waals surface area contributed by atoms with E-state index in [0.717, 1.165) is 18.8 Å². The van der Waals surface area contributed by atoms with Gasteiger partial charge in [-0.2, -0.15) is 0 Å². The number of carbonyl (C=O) groups is 1. The van der Waals surface area contributed by atoms with Crippen LogP contribution in [0.1, 0.15) is 5.69 Å². The molecule has 2 heterocycles. The van der Waals surface area contributed by atoms with Crippen molar-refractivity contribution in [2.75, 3.05) is 32.4 Å². The van der Waals surface area contributed by atoms with Gasteiger partial charge in [0.25, 0.3) is 0 Å². The largest absolute Gasteiger partial charge is 0.375 e. The molecule has 0 unspecified atom stereocenters. The number of likely N-dealkylation sites (N-methyl/N-ethyl adjacent to an activating group) is 1. The third kappa shape index (κ3) is 2.45. The number of nitrogens with zero attached hydrogens (tertiary/aromatic N) is 3. The minimum Gasteiger partial charge on any atom is -0.375 e. The molecule has 0 saturated carbocycles. The van der Waals surface area contributed by atoms with Gasteiger partial charge in [0.2, 0.25) is 5.91 Å². The summed E-state index contributed by atoms with van der Waals surface area (Å²) in [5.74, 6) is 0.171.